The van der Waals surface area contributed by atoms with Gasteiger partial charge in [-0.15, -0.1) is 0 Å². The number of nitrogens with one attached hydrogen (secondary N) is 1. The number of hydrogen-bond acceptors (Lipinski definition) is 4. The number of Topliss-reactive ketones (excluding diaryl/α,β-unsaturated/α-hetero) is 1. The van der Waals surface area contributed by atoms with Gasteiger partial charge in [0.05, 0.1) is 6.54 Å². The van der Waals surface area contributed by atoms with Crippen molar-refractivity contribution in [3.63, 3.8) is 0 Å². The van der Waals surface area contributed by atoms with Gasteiger partial charge in [0, 0.05) is 5.69 Å². The molecule has 1 aromatic heterocycles. The second-order valence-electron chi connectivity index (χ2n) is 6.93. The molecule has 1 amide bonds. The molecule has 1 N–H and O–H groups in total. The van der Waals surface area contributed by atoms with Crippen LogP contribution in [0.25, 0.3) is 0 Å². The number of ether oxygens (including phenoxy) is 1. The smallest absolute Gasteiger partial charge is 0.258 e. The summed E-state index contributed by atoms with van der Waals surface area (Å²) in [5.74, 6) is 0.0438. The number of ketones is 1. The molecule has 2 rings (SSSR count). The molecule has 0 saturated heterocycles. The topological polar surface area (TPSA) is 68.3 Å². The van der Waals surface area contributed by atoms with E-state index in [1.54, 1.807) is 12.1 Å². The first-order chi connectivity index (χ1) is 11.8. The lowest BCUT2D eigenvalue weighted by Gasteiger charge is -2.19. The Bertz CT molecular complexity index is 746. The number of aryl methyl sites for hydroxylation is 1. The minimum absolute atomic E-state index is 0.0695. The maximum Gasteiger partial charge on any atom is 0.258 e. The van der Waals surface area contributed by atoms with Gasteiger partial charge in [-0.25, -0.2) is 4.98 Å². The predicted molar refractivity (Wildman–Crippen MR) is 97.0 cm³/mol. The van der Waals surface area contributed by atoms with Crippen molar-refractivity contribution in [3.05, 3.63) is 59.4 Å². The molecule has 1 aromatic carbocycles. The highest BCUT2D eigenvalue weighted by atomic mass is 16.5. The highest BCUT2D eigenvalue weighted by Gasteiger charge is 2.13. The summed E-state index contributed by atoms with van der Waals surface area (Å²) in [7, 11) is 0. The number of benzene rings is 1. The van der Waals surface area contributed by atoms with Gasteiger partial charge in [0.1, 0.15) is 11.4 Å². The van der Waals surface area contributed by atoms with Crippen LogP contribution in [-0.4, -0.2) is 29.8 Å². The second kappa shape index (κ2) is 7.92. The molecule has 25 heavy (non-hydrogen) atoms. The van der Waals surface area contributed by atoms with Crippen LogP contribution in [0, 0.1) is 6.92 Å². The minimum atomic E-state index is -0.346. The standard InChI is InChI=1S/C20H24N2O3/c1-14-6-5-7-17(22-14)18(23)12-21-19(24)13-25-16-10-8-15(9-11-16)20(2,3)4/h5-11H,12-13H2,1-4H3,(H,21,24). The highest BCUT2D eigenvalue weighted by Crippen LogP contribution is 2.24. The van der Waals surface area contributed by atoms with E-state index in [9.17, 15) is 9.59 Å². The molecule has 0 aliphatic rings. The number of carbonyl (C=O) groups is 2. The number of pyridine rings is 1. The van der Waals surface area contributed by atoms with E-state index >= 15 is 0 Å². The van der Waals surface area contributed by atoms with Crippen molar-refractivity contribution < 1.29 is 14.3 Å². The van der Waals surface area contributed by atoms with E-state index in [-0.39, 0.29) is 30.3 Å². The van der Waals surface area contributed by atoms with E-state index in [0.717, 1.165) is 5.69 Å². The summed E-state index contributed by atoms with van der Waals surface area (Å²) in [6.07, 6.45) is 0. The van der Waals surface area contributed by atoms with E-state index in [4.69, 9.17) is 4.74 Å². The molecule has 0 aliphatic heterocycles. The average molecular weight is 340 g/mol. The first-order valence-electron chi connectivity index (χ1n) is 8.22. The lowest BCUT2D eigenvalue weighted by molar-refractivity contribution is -0.122. The Kier molecular flexibility index (Phi) is 5.91. The SMILES string of the molecule is Cc1cccc(C(=O)CNC(=O)COc2ccc(C(C)(C)C)cc2)n1. The van der Waals surface area contributed by atoms with Crippen LogP contribution in [0.5, 0.6) is 5.75 Å². The van der Waals surface area contributed by atoms with Crippen LogP contribution < -0.4 is 10.1 Å². The summed E-state index contributed by atoms with van der Waals surface area (Å²) in [5.41, 5.74) is 2.37. The Morgan fingerprint density at radius 2 is 1.76 bits per heavy atom. The van der Waals surface area contributed by atoms with E-state index in [2.05, 4.69) is 31.1 Å². The maximum absolute atomic E-state index is 12.0. The van der Waals surface area contributed by atoms with Gasteiger partial charge in [0.2, 0.25) is 0 Å². The summed E-state index contributed by atoms with van der Waals surface area (Å²) in [5, 5.41) is 2.55. The zero-order chi connectivity index (χ0) is 18.4. The molecule has 0 atom stereocenters. The van der Waals surface area contributed by atoms with Crippen molar-refractivity contribution in [1.29, 1.82) is 0 Å². The Morgan fingerprint density at radius 3 is 2.36 bits per heavy atom. The average Bonchev–Trinajstić information content (AvgIpc) is 2.57. The molecule has 5 nitrogen and oxygen atoms in total. The van der Waals surface area contributed by atoms with Gasteiger partial charge in [-0.3, -0.25) is 9.59 Å². The van der Waals surface area contributed by atoms with Crippen LogP contribution in [0.2, 0.25) is 0 Å². The summed E-state index contributed by atoms with van der Waals surface area (Å²) in [6.45, 7) is 7.99. The first-order valence-corrected chi connectivity index (χ1v) is 8.22. The van der Waals surface area contributed by atoms with E-state index in [0.29, 0.717) is 11.4 Å². The van der Waals surface area contributed by atoms with Crippen LogP contribution in [0.15, 0.2) is 42.5 Å². The number of hydrogen-bond donors (Lipinski definition) is 1. The van der Waals surface area contributed by atoms with Crippen LogP contribution in [0.3, 0.4) is 0 Å². The third kappa shape index (κ3) is 5.71. The Labute approximate surface area is 148 Å². The predicted octanol–water partition coefficient (Wildman–Crippen LogP) is 3.07. The first kappa shape index (κ1) is 18.6. The van der Waals surface area contributed by atoms with Gasteiger partial charge in [-0.2, -0.15) is 0 Å². The zero-order valence-electron chi connectivity index (χ0n) is 15.1. The summed E-state index contributed by atoms with van der Waals surface area (Å²) in [6, 6.07) is 12.9. The summed E-state index contributed by atoms with van der Waals surface area (Å²) >= 11 is 0. The third-order valence-electron chi connectivity index (χ3n) is 3.71. The molecule has 2 aromatic rings. The Balaban J connectivity index is 1.80. The number of aromatic nitrogens is 1. The van der Waals surface area contributed by atoms with E-state index in [1.165, 1.54) is 5.56 Å². The molecule has 0 bridgehead atoms. The molecule has 0 saturated carbocycles. The quantitative estimate of drug-likeness (QED) is 0.821. The molecular formula is C20H24N2O3. The summed E-state index contributed by atoms with van der Waals surface area (Å²) < 4.78 is 5.45. The number of rotatable bonds is 6. The van der Waals surface area contributed by atoms with Crippen LogP contribution in [0.1, 0.15) is 42.5 Å². The van der Waals surface area contributed by atoms with Crippen molar-refractivity contribution >= 4 is 11.7 Å². The molecule has 0 aliphatic carbocycles. The van der Waals surface area contributed by atoms with Gasteiger partial charge in [-0.1, -0.05) is 39.0 Å². The van der Waals surface area contributed by atoms with Gasteiger partial charge in [0.15, 0.2) is 12.4 Å². The molecular weight excluding hydrogens is 316 g/mol. The third-order valence-corrected chi connectivity index (χ3v) is 3.71. The van der Waals surface area contributed by atoms with Gasteiger partial charge < -0.3 is 10.1 Å². The molecule has 0 radical (unpaired) electrons. The second-order valence-corrected chi connectivity index (χ2v) is 6.93. The van der Waals surface area contributed by atoms with Crippen LogP contribution in [0.4, 0.5) is 0 Å². The normalized spacial score (nSPS) is 11.0. The Hall–Kier alpha value is -2.69. The number of carbonyl (C=O) groups excluding carboxylic acids is 2. The molecule has 132 valence electrons. The van der Waals surface area contributed by atoms with Crippen molar-refractivity contribution in [2.45, 2.75) is 33.1 Å². The fourth-order valence-corrected chi connectivity index (χ4v) is 2.22. The molecule has 0 fully saturated rings. The summed E-state index contributed by atoms with van der Waals surface area (Å²) in [4.78, 5) is 28.0. The van der Waals surface area contributed by atoms with Gasteiger partial charge in [0.25, 0.3) is 5.91 Å². The van der Waals surface area contributed by atoms with Gasteiger partial charge >= 0.3 is 0 Å². The largest absolute Gasteiger partial charge is 0.484 e. The van der Waals surface area contributed by atoms with Crippen LogP contribution >= 0.6 is 0 Å². The van der Waals surface area contributed by atoms with Gasteiger partial charge in [-0.05, 0) is 42.2 Å². The number of nitrogens with zero attached hydrogens (tertiary/aromatic N) is 1. The molecule has 1 heterocycles. The van der Waals surface area contributed by atoms with E-state index in [1.807, 2.05) is 37.3 Å². The number of amides is 1. The van der Waals surface area contributed by atoms with Crippen LogP contribution in [-0.2, 0) is 10.2 Å². The minimum Gasteiger partial charge on any atom is -0.484 e. The van der Waals surface area contributed by atoms with E-state index < -0.39 is 0 Å². The lowest BCUT2D eigenvalue weighted by Crippen LogP contribution is -2.33. The van der Waals surface area contributed by atoms with Crippen molar-refractivity contribution in [3.8, 4) is 5.75 Å². The molecule has 0 spiro atoms. The molecule has 0 unspecified atom stereocenters. The monoisotopic (exact) mass is 340 g/mol. The van der Waals surface area contributed by atoms with Crippen molar-refractivity contribution in [2.75, 3.05) is 13.2 Å². The fraction of sp³-hybridized carbons (Fsp3) is 0.350. The fourth-order valence-electron chi connectivity index (χ4n) is 2.22. The van der Waals surface area contributed by atoms with Crippen molar-refractivity contribution in [1.82, 2.24) is 10.3 Å². The molecule has 5 heteroatoms. The van der Waals surface area contributed by atoms with Crippen molar-refractivity contribution in [2.24, 2.45) is 0 Å². The highest BCUT2D eigenvalue weighted by molar-refractivity contribution is 5.97. The lowest BCUT2D eigenvalue weighted by atomic mass is 9.87. The Morgan fingerprint density at radius 1 is 1.08 bits per heavy atom. The maximum atomic E-state index is 12.0. The zero-order valence-corrected chi connectivity index (χ0v) is 15.1.